The Morgan fingerprint density at radius 2 is 1.07 bits per heavy atom. The molecule has 0 radical (unpaired) electrons. The summed E-state index contributed by atoms with van der Waals surface area (Å²) in [4.78, 5) is 36.3. The molecule has 230 valence electrons. The Kier molecular flexibility index (Phi) is 13.2. The van der Waals surface area contributed by atoms with Crippen LogP contribution < -0.4 is 9.47 Å². The molecule has 43 heavy (non-hydrogen) atoms. The van der Waals surface area contributed by atoms with Crippen molar-refractivity contribution in [1.82, 2.24) is 0 Å². The first-order chi connectivity index (χ1) is 20.7. The smallest absolute Gasteiger partial charge is 0.343 e. The van der Waals surface area contributed by atoms with Gasteiger partial charge < -0.3 is 28.4 Å². The van der Waals surface area contributed by atoms with Gasteiger partial charge in [-0.05, 0) is 86.8 Å². The van der Waals surface area contributed by atoms with Crippen LogP contribution in [0.25, 0.3) is 11.1 Å². The molecule has 0 aliphatic rings. The molecule has 3 aromatic rings. The summed E-state index contributed by atoms with van der Waals surface area (Å²) in [6.07, 6.45) is 0.717. The van der Waals surface area contributed by atoms with Crippen molar-refractivity contribution in [2.45, 2.75) is 34.1 Å². The summed E-state index contributed by atoms with van der Waals surface area (Å²) in [5.41, 5.74) is 2.25. The fourth-order valence-corrected chi connectivity index (χ4v) is 3.66. The van der Waals surface area contributed by atoms with Crippen LogP contribution in [0.3, 0.4) is 0 Å². The van der Waals surface area contributed by atoms with Crippen LogP contribution in [0.5, 0.6) is 11.5 Å². The molecule has 3 aromatic carbocycles. The normalized spacial score (nSPS) is 11.1. The molecular formula is C34H40O9. The SMILES string of the molecule is CCOC(=O)c1ccc(-c2ccc(OC(=O)c3ccc(OCCOCCOCCOC(=O)C(C)(C)CC)cc3)cc2)cc1. The molecule has 0 spiro atoms. The van der Waals surface area contributed by atoms with Crippen LogP contribution in [-0.4, -0.2) is 64.2 Å². The van der Waals surface area contributed by atoms with Gasteiger partial charge >= 0.3 is 17.9 Å². The minimum atomic E-state index is -0.481. The summed E-state index contributed by atoms with van der Waals surface area (Å²) in [7, 11) is 0. The summed E-state index contributed by atoms with van der Waals surface area (Å²) < 4.78 is 32.3. The zero-order valence-electron chi connectivity index (χ0n) is 25.3. The average molecular weight is 593 g/mol. The van der Waals surface area contributed by atoms with Crippen LogP contribution in [0.4, 0.5) is 0 Å². The van der Waals surface area contributed by atoms with Gasteiger partial charge in [-0.1, -0.05) is 31.2 Å². The molecule has 0 saturated carbocycles. The van der Waals surface area contributed by atoms with Gasteiger partial charge in [0.25, 0.3) is 0 Å². The van der Waals surface area contributed by atoms with Gasteiger partial charge in [-0.2, -0.15) is 0 Å². The van der Waals surface area contributed by atoms with E-state index in [1.807, 2.05) is 45.0 Å². The van der Waals surface area contributed by atoms with Crippen molar-refractivity contribution in [3.05, 3.63) is 83.9 Å². The number of carbonyl (C=O) groups excluding carboxylic acids is 3. The second-order valence-corrected chi connectivity index (χ2v) is 10.2. The first kappa shape index (κ1) is 33.3. The molecule has 0 saturated heterocycles. The van der Waals surface area contributed by atoms with E-state index in [0.717, 1.165) is 17.5 Å². The molecule has 0 fully saturated rings. The van der Waals surface area contributed by atoms with Crippen molar-refractivity contribution in [3.63, 3.8) is 0 Å². The Hall–Kier alpha value is -4.21. The highest BCUT2D eigenvalue weighted by atomic mass is 16.6. The summed E-state index contributed by atoms with van der Waals surface area (Å²) in [6.45, 7) is 9.79. The second-order valence-electron chi connectivity index (χ2n) is 10.2. The van der Waals surface area contributed by atoms with Crippen LogP contribution in [0, 0.1) is 5.41 Å². The van der Waals surface area contributed by atoms with E-state index in [-0.39, 0.29) is 18.5 Å². The number of ether oxygens (including phenoxy) is 6. The number of hydrogen-bond donors (Lipinski definition) is 0. The maximum Gasteiger partial charge on any atom is 0.343 e. The van der Waals surface area contributed by atoms with Crippen molar-refractivity contribution < 1.29 is 42.8 Å². The summed E-state index contributed by atoms with van der Waals surface area (Å²) in [6, 6.07) is 20.9. The zero-order chi connectivity index (χ0) is 31.1. The van der Waals surface area contributed by atoms with Gasteiger partial charge in [-0.15, -0.1) is 0 Å². The highest BCUT2D eigenvalue weighted by molar-refractivity contribution is 5.91. The first-order valence-corrected chi connectivity index (χ1v) is 14.4. The van der Waals surface area contributed by atoms with Crippen LogP contribution in [0.1, 0.15) is 54.8 Å². The standard InChI is InChI=1S/C34H40O9/c1-5-34(3,4)33(37)42-24-22-39-20-19-38-21-23-41-29-15-13-28(14-16-29)32(36)43-30-17-11-26(12-18-30)25-7-9-27(10-8-25)31(35)40-6-2/h7-18H,5-6,19-24H2,1-4H3. The highest BCUT2D eigenvalue weighted by Crippen LogP contribution is 2.24. The van der Waals surface area contributed by atoms with Crippen molar-refractivity contribution in [2.75, 3.05) is 46.2 Å². The van der Waals surface area contributed by atoms with Gasteiger partial charge in [-0.3, -0.25) is 4.79 Å². The summed E-state index contributed by atoms with van der Waals surface area (Å²) in [5, 5.41) is 0. The Morgan fingerprint density at radius 1 is 0.581 bits per heavy atom. The van der Waals surface area contributed by atoms with E-state index >= 15 is 0 Å². The summed E-state index contributed by atoms with van der Waals surface area (Å²) >= 11 is 0. The Morgan fingerprint density at radius 3 is 1.65 bits per heavy atom. The first-order valence-electron chi connectivity index (χ1n) is 14.4. The van der Waals surface area contributed by atoms with E-state index in [1.165, 1.54) is 0 Å². The van der Waals surface area contributed by atoms with Gasteiger partial charge in [0.1, 0.15) is 24.7 Å². The maximum atomic E-state index is 12.6. The topological polar surface area (TPSA) is 107 Å². The molecule has 0 aromatic heterocycles. The number of hydrogen-bond acceptors (Lipinski definition) is 9. The molecular weight excluding hydrogens is 552 g/mol. The van der Waals surface area contributed by atoms with Gasteiger partial charge in [0, 0.05) is 0 Å². The second kappa shape index (κ2) is 17.0. The van der Waals surface area contributed by atoms with Crippen molar-refractivity contribution in [1.29, 1.82) is 0 Å². The van der Waals surface area contributed by atoms with Gasteiger partial charge in [0.15, 0.2) is 0 Å². The zero-order valence-corrected chi connectivity index (χ0v) is 25.3. The van der Waals surface area contributed by atoms with Crippen LogP contribution in [-0.2, 0) is 23.7 Å². The average Bonchev–Trinajstić information content (AvgIpc) is 3.02. The lowest BCUT2D eigenvalue weighted by Crippen LogP contribution is -2.27. The van der Waals surface area contributed by atoms with Crippen LogP contribution in [0.2, 0.25) is 0 Å². The lowest BCUT2D eigenvalue weighted by molar-refractivity contribution is -0.155. The minimum absolute atomic E-state index is 0.219. The van der Waals surface area contributed by atoms with Crippen LogP contribution >= 0.6 is 0 Å². The predicted octanol–water partition coefficient (Wildman–Crippen LogP) is 6.14. The Labute approximate surface area is 253 Å². The van der Waals surface area contributed by atoms with Crippen LogP contribution in [0.15, 0.2) is 72.8 Å². The molecule has 9 heteroatoms. The molecule has 0 aliphatic heterocycles. The van der Waals surface area contributed by atoms with Gasteiger partial charge in [0.05, 0.1) is 49.6 Å². The number of benzene rings is 3. The minimum Gasteiger partial charge on any atom is -0.491 e. The van der Waals surface area contributed by atoms with E-state index in [2.05, 4.69) is 0 Å². The van der Waals surface area contributed by atoms with Gasteiger partial charge in [0.2, 0.25) is 0 Å². The van der Waals surface area contributed by atoms with E-state index in [9.17, 15) is 14.4 Å². The van der Waals surface area contributed by atoms with Crippen molar-refractivity contribution >= 4 is 17.9 Å². The fraction of sp³-hybridized carbons (Fsp3) is 0.382. The maximum absolute atomic E-state index is 12.6. The van der Waals surface area contributed by atoms with E-state index in [1.54, 1.807) is 55.5 Å². The lowest BCUT2D eigenvalue weighted by atomic mass is 9.91. The predicted molar refractivity (Wildman–Crippen MR) is 161 cm³/mol. The third-order valence-electron chi connectivity index (χ3n) is 6.65. The largest absolute Gasteiger partial charge is 0.491 e. The Bertz CT molecular complexity index is 1300. The lowest BCUT2D eigenvalue weighted by Gasteiger charge is -2.20. The molecule has 9 nitrogen and oxygen atoms in total. The quantitative estimate of drug-likeness (QED) is 0.104. The molecule has 0 unspecified atom stereocenters. The molecule has 0 aliphatic carbocycles. The molecule has 3 rings (SSSR count). The molecule has 0 amide bonds. The Balaban J connectivity index is 1.32. The van der Waals surface area contributed by atoms with E-state index in [0.29, 0.717) is 62.3 Å². The fourth-order valence-electron chi connectivity index (χ4n) is 3.66. The van der Waals surface area contributed by atoms with E-state index in [4.69, 9.17) is 28.4 Å². The number of esters is 3. The molecule has 0 N–H and O–H groups in total. The highest BCUT2D eigenvalue weighted by Gasteiger charge is 2.26. The molecule has 0 atom stereocenters. The van der Waals surface area contributed by atoms with Crippen molar-refractivity contribution in [3.8, 4) is 22.6 Å². The van der Waals surface area contributed by atoms with E-state index < -0.39 is 11.4 Å². The third kappa shape index (κ3) is 10.9. The number of rotatable bonds is 17. The van der Waals surface area contributed by atoms with Crippen molar-refractivity contribution in [2.24, 2.45) is 5.41 Å². The molecule has 0 bridgehead atoms. The van der Waals surface area contributed by atoms with Gasteiger partial charge in [-0.25, -0.2) is 9.59 Å². The monoisotopic (exact) mass is 592 g/mol. The third-order valence-corrected chi connectivity index (χ3v) is 6.65. The summed E-state index contributed by atoms with van der Waals surface area (Å²) in [5.74, 6) is -0.0373. The number of carbonyl (C=O) groups is 3. The molecule has 0 heterocycles.